The number of amides is 3. The van der Waals surface area contributed by atoms with Crippen LogP contribution < -0.4 is 10.2 Å². The van der Waals surface area contributed by atoms with Gasteiger partial charge < -0.3 is 19.7 Å². The highest BCUT2D eigenvalue weighted by atomic mass is 16.5. The van der Waals surface area contributed by atoms with Gasteiger partial charge in [-0.25, -0.2) is 4.79 Å². The van der Waals surface area contributed by atoms with E-state index in [1.807, 2.05) is 12.1 Å². The van der Waals surface area contributed by atoms with E-state index < -0.39 is 35.8 Å². The summed E-state index contributed by atoms with van der Waals surface area (Å²) in [4.78, 5) is 53.3. The number of nitrogens with one attached hydrogen (secondary N) is 1. The minimum absolute atomic E-state index is 0.244. The van der Waals surface area contributed by atoms with Crippen LogP contribution in [0.25, 0.3) is 0 Å². The summed E-state index contributed by atoms with van der Waals surface area (Å²) in [6.07, 6.45) is -1.12. The molecule has 1 fully saturated rings. The van der Waals surface area contributed by atoms with Gasteiger partial charge in [-0.3, -0.25) is 19.3 Å². The topological polar surface area (TPSA) is 105 Å². The van der Waals surface area contributed by atoms with Gasteiger partial charge in [-0.05, 0) is 50.2 Å². The van der Waals surface area contributed by atoms with Crippen LogP contribution in [-0.2, 0) is 19.1 Å². The van der Waals surface area contributed by atoms with Crippen molar-refractivity contribution in [3.8, 4) is 0 Å². The minimum Gasteiger partial charge on any atom is -0.451 e. The number of fused-ring (bicyclic) bond motifs is 1. The number of hydrogen-bond donors (Lipinski definition) is 1. The number of imide groups is 1. The molecule has 0 aliphatic carbocycles. The van der Waals surface area contributed by atoms with Crippen LogP contribution in [0, 0.1) is 0 Å². The fourth-order valence-electron chi connectivity index (χ4n) is 3.81. The summed E-state index contributed by atoms with van der Waals surface area (Å²) >= 11 is 0. The van der Waals surface area contributed by atoms with E-state index in [0.29, 0.717) is 18.9 Å². The maximum atomic E-state index is 12.6. The molecule has 1 saturated heterocycles. The molecule has 2 aliphatic rings. The molecule has 0 spiro atoms. The van der Waals surface area contributed by atoms with E-state index in [1.54, 1.807) is 24.3 Å². The van der Waals surface area contributed by atoms with Gasteiger partial charge in [-0.1, -0.05) is 12.1 Å². The van der Waals surface area contributed by atoms with Gasteiger partial charge in [0, 0.05) is 24.5 Å². The Morgan fingerprint density at radius 3 is 2.09 bits per heavy atom. The number of carbonyl (C=O) groups excluding carboxylic acids is 4. The van der Waals surface area contributed by atoms with Crippen molar-refractivity contribution < 1.29 is 28.7 Å². The van der Waals surface area contributed by atoms with E-state index >= 15 is 0 Å². The van der Waals surface area contributed by atoms with Crippen molar-refractivity contribution in [2.75, 3.05) is 36.5 Å². The van der Waals surface area contributed by atoms with Crippen molar-refractivity contribution in [1.29, 1.82) is 0 Å². The summed E-state index contributed by atoms with van der Waals surface area (Å²) in [7, 11) is 0. The first-order valence-electron chi connectivity index (χ1n) is 10.8. The zero-order valence-electron chi connectivity index (χ0n) is 18.4. The highest BCUT2D eigenvalue weighted by Gasteiger charge is 2.41. The van der Waals surface area contributed by atoms with Gasteiger partial charge in [-0.15, -0.1) is 0 Å². The molecule has 9 nitrogen and oxygen atoms in total. The van der Waals surface area contributed by atoms with E-state index in [1.165, 1.54) is 26.0 Å². The first-order valence-corrected chi connectivity index (χ1v) is 10.8. The van der Waals surface area contributed by atoms with Crippen molar-refractivity contribution in [3.05, 3.63) is 59.7 Å². The van der Waals surface area contributed by atoms with Crippen LogP contribution in [0.1, 0.15) is 34.6 Å². The summed E-state index contributed by atoms with van der Waals surface area (Å²) in [6, 6.07) is 12.6. The second-order valence-electron chi connectivity index (χ2n) is 7.92. The fourth-order valence-corrected chi connectivity index (χ4v) is 3.81. The van der Waals surface area contributed by atoms with Gasteiger partial charge in [0.05, 0.1) is 24.3 Å². The van der Waals surface area contributed by atoms with Crippen molar-refractivity contribution in [3.63, 3.8) is 0 Å². The Balaban J connectivity index is 1.33. The quantitative estimate of drug-likeness (QED) is 0.530. The summed E-state index contributed by atoms with van der Waals surface area (Å²) in [5.74, 6) is -2.47. The number of nitrogens with zero attached hydrogens (tertiary/aromatic N) is 2. The molecule has 0 radical (unpaired) electrons. The maximum absolute atomic E-state index is 12.6. The van der Waals surface area contributed by atoms with Crippen LogP contribution in [-0.4, -0.2) is 67.0 Å². The van der Waals surface area contributed by atoms with E-state index in [4.69, 9.17) is 9.47 Å². The predicted molar refractivity (Wildman–Crippen MR) is 120 cm³/mol. The molecule has 33 heavy (non-hydrogen) atoms. The zero-order chi connectivity index (χ0) is 23.5. The number of ether oxygens (including phenoxy) is 2. The maximum Gasteiger partial charge on any atom is 0.329 e. The molecule has 9 heteroatoms. The molecule has 2 heterocycles. The molecule has 2 atom stereocenters. The molecule has 0 unspecified atom stereocenters. The Kier molecular flexibility index (Phi) is 6.41. The summed E-state index contributed by atoms with van der Waals surface area (Å²) < 4.78 is 10.6. The largest absolute Gasteiger partial charge is 0.451 e. The van der Waals surface area contributed by atoms with Gasteiger partial charge in [0.1, 0.15) is 6.04 Å². The summed E-state index contributed by atoms with van der Waals surface area (Å²) in [5, 5.41) is 2.71. The molecule has 0 bridgehead atoms. The monoisotopic (exact) mass is 451 g/mol. The van der Waals surface area contributed by atoms with Gasteiger partial charge in [0.15, 0.2) is 6.10 Å². The lowest BCUT2D eigenvalue weighted by Crippen LogP contribution is -2.45. The number of benzene rings is 2. The molecule has 0 saturated carbocycles. The smallest absolute Gasteiger partial charge is 0.329 e. The average Bonchev–Trinajstić information content (AvgIpc) is 3.09. The van der Waals surface area contributed by atoms with Crippen molar-refractivity contribution in [2.24, 2.45) is 0 Å². The Morgan fingerprint density at radius 1 is 0.939 bits per heavy atom. The number of hydrogen-bond acceptors (Lipinski definition) is 7. The third-order valence-electron chi connectivity index (χ3n) is 5.73. The summed E-state index contributed by atoms with van der Waals surface area (Å²) in [6.45, 7) is 5.82. The molecular weight excluding hydrogens is 426 g/mol. The van der Waals surface area contributed by atoms with E-state index in [9.17, 15) is 19.2 Å². The fraction of sp³-hybridized carbons (Fsp3) is 0.333. The Hall–Kier alpha value is -3.72. The van der Waals surface area contributed by atoms with Gasteiger partial charge >= 0.3 is 5.97 Å². The van der Waals surface area contributed by atoms with Crippen LogP contribution in [0.3, 0.4) is 0 Å². The SMILES string of the molecule is C[C@H](OC(=O)[C@H](C)N1C(=O)c2ccccc2C1=O)C(=O)Nc1ccc(N2CCOCC2)cc1. The van der Waals surface area contributed by atoms with Gasteiger partial charge in [0.25, 0.3) is 17.7 Å². The number of morpholine rings is 1. The average molecular weight is 451 g/mol. The van der Waals surface area contributed by atoms with E-state index in [2.05, 4.69) is 10.2 Å². The highest BCUT2D eigenvalue weighted by Crippen LogP contribution is 2.25. The summed E-state index contributed by atoms with van der Waals surface area (Å²) in [5.41, 5.74) is 2.08. The van der Waals surface area contributed by atoms with Crippen LogP contribution in [0.15, 0.2) is 48.5 Å². The molecule has 4 rings (SSSR count). The van der Waals surface area contributed by atoms with Crippen LogP contribution in [0.2, 0.25) is 0 Å². The third-order valence-corrected chi connectivity index (χ3v) is 5.73. The first kappa shape index (κ1) is 22.5. The van der Waals surface area contributed by atoms with Crippen molar-refractivity contribution >= 4 is 35.1 Å². The molecule has 2 aromatic rings. The number of carbonyl (C=O) groups is 4. The lowest BCUT2D eigenvalue weighted by atomic mass is 10.1. The molecule has 1 N–H and O–H groups in total. The lowest BCUT2D eigenvalue weighted by Gasteiger charge is -2.29. The molecular formula is C24H25N3O6. The van der Waals surface area contributed by atoms with Crippen LogP contribution in [0.5, 0.6) is 0 Å². The first-order chi connectivity index (χ1) is 15.9. The van der Waals surface area contributed by atoms with Gasteiger partial charge in [-0.2, -0.15) is 0 Å². The molecule has 2 aromatic carbocycles. The molecule has 2 aliphatic heterocycles. The Labute approximate surface area is 191 Å². The third kappa shape index (κ3) is 4.58. The van der Waals surface area contributed by atoms with E-state index in [-0.39, 0.29) is 11.1 Å². The predicted octanol–water partition coefficient (Wildman–Crippen LogP) is 2.08. The number of anilines is 2. The van der Waals surface area contributed by atoms with Crippen molar-refractivity contribution in [2.45, 2.75) is 26.0 Å². The molecule has 0 aromatic heterocycles. The van der Waals surface area contributed by atoms with Crippen molar-refractivity contribution in [1.82, 2.24) is 4.90 Å². The number of rotatable bonds is 6. The second-order valence-corrected chi connectivity index (χ2v) is 7.92. The van der Waals surface area contributed by atoms with Crippen LogP contribution >= 0.6 is 0 Å². The standard InChI is InChI=1S/C24H25N3O6/c1-15(27-22(29)19-5-3-4-6-20(19)23(27)30)24(31)33-16(2)21(28)25-17-7-9-18(10-8-17)26-11-13-32-14-12-26/h3-10,15-16H,11-14H2,1-2H3,(H,25,28)/t15-,16-/m0/s1. The lowest BCUT2D eigenvalue weighted by molar-refractivity contribution is -0.156. The number of esters is 1. The second kappa shape index (κ2) is 9.41. The molecule has 3 amide bonds. The van der Waals surface area contributed by atoms with Gasteiger partial charge in [0.2, 0.25) is 0 Å². The van der Waals surface area contributed by atoms with Crippen LogP contribution in [0.4, 0.5) is 11.4 Å². The zero-order valence-corrected chi connectivity index (χ0v) is 18.4. The Bertz CT molecular complexity index is 1040. The highest BCUT2D eigenvalue weighted by molar-refractivity contribution is 6.22. The normalized spacial score (nSPS) is 17.4. The molecule has 172 valence electrons. The Morgan fingerprint density at radius 2 is 1.52 bits per heavy atom. The minimum atomic E-state index is -1.17. The van der Waals surface area contributed by atoms with E-state index in [0.717, 1.165) is 23.7 Å².